The van der Waals surface area contributed by atoms with Crippen LogP contribution in [0.3, 0.4) is 0 Å². The lowest BCUT2D eigenvalue weighted by Crippen LogP contribution is -2.18. The molecule has 27 heavy (non-hydrogen) atoms. The number of fused-ring (bicyclic) bond motifs is 3. The lowest BCUT2D eigenvalue weighted by atomic mass is 10.0. The van der Waals surface area contributed by atoms with Gasteiger partial charge in [-0.15, -0.1) is 0 Å². The molecule has 0 aliphatic carbocycles. The molecular weight excluding hydrogens is 336 g/mol. The molecule has 128 valence electrons. The van der Waals surface area contributed by atoms with Crippen molar-refractivity contribution >= 4 is 32.9 Å². The molecule has 5 aromatic rings. The Bertz CT molecular complexity index is 1410. The Balaban J connectivity index is 1.99. The van der Waals surface area contributed by atoms with Crippen molar-refractivity contribution in [1.82, 2.24) is 4.40 Å². The van der Waals surface area contributed by atoms with Crippen molar-refractivity contribution < 1.29 is 0 Å². The van der Waals surface area contributed by atoms with Crippen molar-refractivity contribution in [2.24, 2.45) is 5.11 Å². The first kappa shape index (κ1) is 15.4. The van der Waals surface area contributed by atoms with Crippen molar-refractivity contribution in [2.75, 3.05) is 0 Å². The van der Waals surface area contributed by atoms with E-state index in [1.165, 1.54) is 0 Å². The lowest BCUT2D eigenvalue weighted by molar-refractivity contribution is 1.07. The molecule has 5 nitrogen and oxygen atoms in total. The number of hydrogen-bond acceptors (Lipinski definition) is 2. The predicted molar refractivity (Wildman–Crippen MR) is 108 cm³/mol. The topological polar surface area (TPSA) is 70.2 Å². The van der Waals surface area contributed by atoms with Gasteiger partial charge in [0, 0.05) is 33.1 Å². The van der Waals surface area contributed by atoms with Crippen LogP contribution in [0.4, 0.5) is 5.69 Å². The summed E-state index contributed by atoms with van der Waals surface area (Å²) in [5, 5.41) is 6.73. The summed E-state index contributed by atoms with van der Waals surface area (Å²) in [5.74, 6) is 0. The van der Waals surface area contributed by atoms with E-state index < -0.39 is 0 Å². The highest BCUT2D eigenvalue weighted by Crippen LogP contribution is 2.37. The van der Waals surface area contributed by atoms with E-state index in [1.807, 2.05) is 72.8 Å². The zero-order valence-corrected chi connectivity index (χ0v) is 14.3. The van der Waals surface area contributed by atoms with Crippen molar-refractivity contribution in [2.45, 2.75) is 6.42 Å². The van der Waals surface area contributed by atoms with Gasteiger partial charge in [-0.2, -0.15) is 0 Å². The molecule has 0 atom stereocenters. The molecule has 0 unspecified atom stereocenters. The first-order chi connectivity index (χ1) is 13.3. The minimum Gasteiger partial charge on any atom is -0.275 e. The Morgan fingerprint density at radius 2 is 1.56 bits per heavy atom. The fourth-order valence-corrected chi connectivity index (χ4v) is 3.94. The summed E-state index contributed by atoms with van der Waals surface area (Å²) in [6.07, 6.45) is 0.413. The highest BCUT2D eigenvalue weighted by molar-refractivity contribution is 6.16. The number of azide groups is 1. The molecule has 5 rings (SSSR count). The molecule has 0 aliphatic heterocycles. The van der Waals surface area contributed by atoms with Gasteiger partial charge >= 0.3 is 0 Å². The Hall–Kier alpha value is -3.82. The monoisotopic (exact) mass is 350 g/mol. The number of hydrogen-bond donors (Lipinski definition) is 0. The van der Waals surface area contributed by atoms with Crippen molar-refractivity contribution in [3.8, 4) is 0 Å². The second-order valence-electron chi connectivity index (χ2n) is 6.54. The van der Waals surface area contributed by atoms with Gasteiger partial charge in [0.2, 0.25) is 0 Å². The van der Waals surface area contributed by atoms with Gasteiger partial charge in [-0.05, 0) is 17.2 Å². The molecule has 0 amide bonds. The molecule has 2 heterocycles. The molecule has 3 aromatic carbocycles. The predicted octanol–water partition coefficient (Wildman–Crippen LogP) is 5.58. The lowest BCUT2D eigenvalue weighted by Gasteiger charge is -2.10. The van der Waals surface area contributed by atoms with Gasteiger partial charge in [-0.1, -0.05) is 71.8 Å². The maximum absolute atomic E-state index is 13.5. The minimum absolute atomic E-state index is 0.133. The molecule has 0 aliphatic rings. The summed E-state index contributed by atoms with van der Waals surface area (Å²) >= 11 is 0. The summed E-state index contributed by atoms with van der Waals surface area (Å²) in [4.78, 5) is 16.5. The van der Waals surface area contributed by atoms with E-state index in [1.54, 1.807) is 4.40 Å². The van der Waals surface area contributed by atoms with Crippen LogP contribution < -0.4 is 5.56 Å². The molecule has 0 N–H and O–H groups in total. The third-order valence-electron chi connectivity index (χ3n) is 5.07. The van der Waals surface area contributed by atoms with Gasteiger partial charge in [-0.25, -0.2) is 0 Å². The zero-order valence-electron chi connectivity index (χ0n) is 14.3. The van der Waals surface area contributed by atoms with E-state index in [0.717, 1.165) is 32.8 Å². The maximum atomic E-state index is 13.5. The fourth-order valence-electron chi connectivity index (χ4n) is 3.94. The van der Waals surface area contributed by atoms with Crippen molar-refractivity contribution in [3.05, 3.63) is 105 Å². The Labute approximate surface area is 154 Å². The van der Waals surface area contributed by atoms with E-state index in [4.69, 9.17) is 5.53 Å². The summed E-state index contributed by atoms with van der Waals surface area (Å²) < 4.78 is 1.76. The molecule has 0 fully saturated rings. The van der Waals surface area contributed by atoms with Crippen LogP contribution in [0.5, 0.6) is 0 Å². The number of pyridine rings is 1. The van der Waals surface area contributed by atoms with Gasteiger partial charge in [0.05, 0.1) is 16.7 Å². The summed E-state index contributed by atoms with van der Waals surface area (Å²) in [6.45, 7) is 0. The fraction of sp³-hybridized carbons (Fsp3) is 0.0455. The van der Waals surface area contributed by atoms with Crippen molar-refractivity contribution in [1.29, 1.82) is 0 Å². The van der Waals surface area contributed by atoms with Crippen LogP contribution in [-0.4, -0.2) is 4.40 Å². The first-order valence-electron chi connectivity index (χ1n) is 8.69. The molecule has 2 aromatic heterocycles. The molecular formula is C22H14N4O. The third kappa shape index (κ3) is 2.19. The first-order valence-corrected chi connectivity index (χ1v) is 8.69. The Morgan fingerprint density at radius 1 is 0.852 bits per heavy atom. The van der Waals surface area contributed by atoms with E-state index >= 15 is 0 Å². The van der Waals surface area contributed by atoms with Crippen LogP contribution in [0.25, 0.3) is 37.6 Å². The smallest absolute Gasteiger partial charge is 0.259 e. The largest absolute Gasteiger partial charge is 0.275 e. The number of nitrogens with zero attached hydrogens (tertiary/aromatic N) is 4. The van der Waals surface area contributed by atoms with Crippen LogP contribution in [-0.2, 0) is 6.42 Å². The van der Waals surface area contributed by atoms with Gasteiger partial charge in [-0.3, -0.25) is 9.20 Å². The second-order valence-corrected chi connectivity index (χ2v) is 6.54. The second kappa shape index (κ2) is 5.87. The zero-order chi connectivity index (χ0) is 18.4. The molecule has 5 heteroatoms. The molecule has 0 saturated carbocycles. The number of para-hydroxylation sites is 2. The van der Waals surface area contributed by atoms with Crippen LogP contribution >= 0.6 is 0 Å². The molecule has 0 bridgehead atoms. The Morgan fingerprint density at radius 3 is 2.37 bits per heavy atom. The number of rotatable bonds is 3. The third-order valence-corrected chi connectivity index (χ3v) is 5.07. The summed E-state index contributed by atoms with van der Waals surface area (Å²) in [6, 6.07) is 23.5. The van der Waals surface area contributed by atoms with Crippen molar-refractivity contribution in [3.63, 3.8) is 0 Å². The van der Waals surface area contributed by atoms with Gasteiger partial charge in [0.15, 0.2) is 0 Å². The standard InChI is InChI=1S/C22H14N4O/c23-25-24-20-17-11-6-10-16-15-9-4-5-12-19(15)26(21(16)17)22(27)18(20)13-14-7-2-1-3-8-14/h1-12H,13H2. The quantitative estimate of drug-likeness (QED) is 0.238. The Kier molecular flexibility index (Phi) is 3.35. The van der Waals surface area contributed by atoms with Crippen LogP contribution in [0, 0.1) is 0 Å². The normalized spacial score (nSPS) is 11.3. The summed E-state index contributed by atoms with van der Waals surface area (Å²) in [7, 11) is 0. The van der Waals surface area contributed by atoms with Crippen LogP contribution in [0.15, 0.2) is 82.7 Å². The van der Waals surface area contributed by atoms with Crippen LogP contribution in [0.2, 0.25) is 0 Å². The highest BCUT2D eigenvalue weighted by Gasteiger charge is 2.20. The summed E-state index contributed by atoms with van der Waals surface area (Å²) in [5.41, 5.74) is 12.6. The van der Waals surface area contributed by atoms with E-state index in [2.05, 4.69) is 10.0 Å². The molecule has 0 radical (unpaired) electrons. The molecule has 0 spiro atoms. The van der Waals surface area contributed by atoms with E-state index in [0.29, 0.717) is 17.7 Å². The van der Waals surface area contributed by atoms with E-state index in [9.17, 15) is 4.79 Å². The number of benzene rings is 3. The molecule has 0 saturated heterocycles. The SMILES string of the molecule is [N-]=[N+]=Nc1c(Cc2ccccc2)c(=O)n2c3ccccc3c3cccc1c32. The van der Waals surface area contributed by atoms with E-state index in [-0.39, 0.29) is 5.56 Å². The number of aromatic nitrogens is 1. The maximum Gasteiger partial charge on any atom is 0.259 e. The van der Waals surface area contributed by atoms with Gasteiger partial charge < -0.3 is 0 Å². The average Bonchev–Trinajstić information content (AvgIpc) is 3.05. The average molecular weight is 350 g/mol. The van der Waals surface area contributed by atoms with Crippen LogP contribution in [0.1, 0.15) is 11.1 Å². The minimum atomic E-state index is -0.133. The van der Waals surface area contributed by atoms with Gasteiger partial charge in [0.25, 0.3) is 5.56 Å². The van der Waals surface area contributed by atoms with Gasteiger partial charge in [0.1, 0.15) is 0 Å². The highest BCUT2D eigenvalue weighted by atomic mass is 16.1.